The Bertz CT molecular complexity index is 418. The minimum Gasteiger partial charge on any atom is -0.493 e. The number of hydrogen-bond acceptors (Lipinski definition) is 4. The Morgan fingerprint density at radius 1 is 1.15 bits per heavy atom. The van der Waals surface area contributed by atoms with Gasteiger partial charge in [0.25, 0.3) is 0 Å². The first-order chi connectivity index (χ1) is 9.47. The fourth-order valence-electron chi connectivity index (χ4n) is 2.33. The zero-order chi connectivity index (χ0) is 15.1. The molecule has 0 amide bonds. The summed E-state index contributed by atoms with van der Waals surface area (Å²) in [5.74, 6) is 1.97. The molecule has 1 aromatic carbocycles. The van der Waals surface area contributed by atoms with Crippen LogP contribution in [0, 0.1) is 12.8 Å². The van der Waals surface area contributed by atoms with Crippen molar-refractivity contribution in [2.75, 3.05) is 20.8 Å². The van der Waals surface area contributed by atoms with Crippen LogP contribution in [0.1, 0.15) is 31.4 Å². The van der Waals surface area contributed by atoms with Gasteiger partial charge in [-0.15, -0.1) is 0 Å². The molecule has 20 heavy (non-hydrogen) atoms. The van der Waals surface area contributed by atoms with Crippen LogP contribution in [0.5, 0.6) is 11.5 Å². The average molecular weight is 281 g/mol. The number of methoxy groups -OCH3 is 2. The van der Waals surface area contributed by atoms with E-state index in [1.54, 1.807) is 14.2 Å². The predicted molar refractivity (Wildman–Crippen MR) is 81.5 cm³/mol. The second-order valence-electron chi connectivity index (χ2n) is 5.45. The van der Waals surface area contributed by atoms with Crippen LogP contribution in [-0.2, 0) is 6.54 Å². The summed E-state index contributed by atoms with van der Waals surface area (Å²) in [6.45, 7) is 7.71. The van der Waals surface area contributed by atoms with Gasteiger partial charge in [-0.3, -0.25) is 0 Å². The first-order valence-corrected chi connectivity index (χ1v) is 7.08. The number of rotatable bonds is 8. The summed E-state index contributed by atoms with van der Waals surface area (Å²) in [4.78, 5) is 0. The monoisotopic (exact) mass is 281 g/mol. The van der Waals surface area contributed by atoms with Gasteiger partial charge in [0.05, 0.1) is 20.3 Å². The van der Waals surface area contributed by atoms with Crippen molar-refractivity contribution >= 4 is 0 Å². The third kappa shape index (κ3) is 5.02. The first-order valence-electron chi connectivity index (χ1n) is 7.08. The summed E-state index contributed by atoms with van der Waals surface area (Å²) in [5.41, 5.74) is 2.38. The number of aliphatic hydroxyl groups is 1. The van der Waals surface area contributed by atoms with Gasteiger partial charge < -0.3 is 19.9 Å². The second-order valence-corrected chi connectivity index (χ2v) is 5.45. The van der Waals surface area contributed by atoms with E-state index in [1.807, 2.05) is 19.1 Å². The Kier molecular flexibility index (Phi) is 6.82. The van der Waals surface area contributed by atoms with E-state index < -0.39 is 0 Å². The van der Waals surface area contributed by atoms with Gasteiger partial charge in [0.1, 0.15) is 0 Å². The molecule has 0 radical (unpaired) electrons. The molecule has 0 aliphatic heterocycles. The summed E-state index contributed by atoms with van der Waals surface area (Å²) >= 11 is 0. The van der Waals surface area contributed by atoms with Gasteiger partial charge >= 0.3 is 0 Å². The topological polar surface area (TPSA) is 50.7 Å². The molecule has 0 heterocycles. The Balaban J connectivity index is 2.60. The Labute approximate surface area is 122 Å². The predicted octanol–water partition coefficient (Wildman–Crippen LogP) is 2.51. The largest absolute Gasteiger partial charge is 0.493 e. The maximum absolute atomic E-state index is 9.35. The zero-order valence-electron chi connectivity index (χ0n) is 13.2. The minimum atomic E-state index is -0.241. The molecule has 4 nitrogen and oxygen atoms in total. The third-order valence-corrected chi connectivity index (χ3v) is 3.39. The number of aliphatic hydroxyl groups excluding tert-OH is 1. The van der Waals surface area contributed by atoms with Crippen LogP contribution >= 0.6 is 0 Å². The van der Waals surface area contributed by atoms with E-state index in [2.05, 4.69) is 19.2 Å². The second kappa shape index (κ2) is 8.12. The lowest BCUT2D eigenvalue weighted by molar-refractivity contribution is 0.163. The lowest BCUT2D eigenvalue weighted by Gasteiger charge is -2.16. The first kappa shape index (κ1) is 16.8. The molecule has 2 atom stereocenters. The summed E-state index contributed by atoms with van der Waals surface area (Å²) in [6.07, 6.45) is 0.576. The normalized spacial score (nSPS) is 13.9. The Morgan fingerprint density at radius 3 is 2.30 bits per heavy atom. The molecule has 2 N–H and O–H groups in total. The van der Waals surface area contributed by atoms with Gasteiger partial charge in [-0.1, -0.05) is 6.92 Å². The minimum absolute atomic E-state index is 0.241. The van der Waals surface area contributed by atoms with Crippen molar-refractivity contribution in [3.63, 3.8) is 0 Å². The Morgan fingerprint density at radius 2 is 1.75 bits per heavy atom. The molecule has 4 heteroatoms. The van der Waals surface area contributed by atoms with E-state index in [9.17, 15) is 5.11 Å². The molecule has 2 unspecified atom stereocenters. The van der Waals surface area contributed by atoms with Crippen LogP contribution < -0.4 is 14.8 Å². The maximum Gasteiger partial charge on any atom is 0.161 e. The van der Waals surface area contributed by atoms with Crippen molar-refractivity contribution in [2.24, 2.45) is 5.92 Å². The van der Waals surface area contributed by atoms with Crippen molar-refractivity contribution in [1.29, 1.82) is 0 Å². The molecule has 0 aliphatic carbocycles. The van der Waals surface area contributed by atoms with Crippen molar-refractivity contribution in [3.05, 3.63) is 23.3 Å². The molecule has 0 fully saturated rings. The summed E-state index contributed by atoms with van der Waals surface area (Å²) in [6, 6.07) is 4.01. The van der Waals surface area contributed by atoms with Gasteiger partial charge in [0.15, 0.2) is 11.5 Å². The van der Waals surface area contributed by atoms with Crippen molar-refractivity contribution in [1.82, 2.24) is 5.32 Å². The fraction of sp³-hybridized carbons (Fsp3) is 0.625. The fourth-order valence-corrected chi connectivity index (χ4v) is 2.33. The van der Waals surface area contributed by atoms with Crippen LogP contribution in [0.15, 0.2) is 12.1 Å². The van der Waals surface area contributed by atoms with Crippen LogP contribution in [0.4, 0.5) is 0 Å². The highest BCUT2D eigenvalue weighted by atomic mass is 16.5. The molecule has 114 valence electrons. The Hall–Kier alpha value is -1.26. The quantitative estimate of drug-likeness (QED) is 0.769. The molecule has 1 rings (SSSR count). The van der Waals surface area contributed by atoms with Crippen LogP contribution in [0.2, 0.25) is 0 Å². The van der Waals surface area contributed by atoms with Crippen LogP contribution in [-0.4, -0.2) is 32.0 Å². The molecular formula is C16H27NO3. The van der Waals surface area contributed by atoms with E-state index in [4.69, 9.17) is 9.47 Å². The van der Waals surface area contributed by atoms with Crippen LogP contribution in [0.3, 0.4) is 0 Å². The maximum atomic E-state index is 9.35. The molecule has 0 aliphatic rings. The standard InChI is InChI=1S/C16H27NO3/c1-11(6-13(3)18)9-17-10-14-8-16(20-5)15(19-4)7-12(14)2/h7-8,11,13,17-18H,6,9-10H2,1-5H3. The molecule has 0 aromatic heterocycles. The highest BCUT2D eigenvalue weighted by Gasteiger charge is 2.09. The number of hydrogen-bond donors (Lipinski definition) is 2. The van der Waals surface area contributed by atoms with Crippen molar-refractivity contribution < 1.29 is 14.6 Å². The van der Waals surface area contributed by atoms with E-state index in [0.717, 1.165) is 31.0 Å². The summed E-state index contributed by atoms with van der Waals surface area (Å²) in [7, 11) is 3.29. The molecule has 0 spiro atoms. The molecule has 1 aromatic rings. The summed E-state index contributed by atoms with van der Waals surface area (Å²) in [5, 5.41) is 12.8. The average Bonchev–Trinajstić information content (AvgIpc) is 2.39. The highest BCUT2D eigenvalue weighted by Crippen LogP contribution is 2.30. The lowest BCUT2D eigenvalue weighted by Crippen LogP contribution is -2.23. The molecule has 0 bridgehead atoms. The highest BCUT2D eigenvalue weighted by molar-refractivity contribution is 5.46. The van der Waals surface area contributed by atoms with E-state index in [-0.39, 0.29) is 6.10 Å². The van der Waals surface area contributed by atoms with Crippen LogP contribution in [0.25, 0.3) is 0 Å². The van der Waals surface area contributed by atoms with Gasteiger partial charge in [-0.2, -0.15) is 0 Å². The number of aryl methyl sites for hydroxylation is 1. The smallest absolute Gasteiger partial charge is 0.161 e. The molecule has 0 saturated heterocycles. The summed E-state index contributed by atoms with van der Waals surface area (Å²) < 4.78 is 10.6. The number of nitrogens with one attached hydrogen (secondary N) is 1. The van der Waals surface area contributed by atoms with E-state index >= 15 is 0 Å². The van der Waals surface area contributed by atoms with E-state index in [0.29, 0.717) is 5.92 Å². The van der Waals surface area contributed by atoms with Gasteiger partial charge in [-0.25, -0.2) is 0 Å². The van der Waals surface area contributed by atoms with Gasteiger partial charge in [-0.05, 0) is 56.0 Å². The number of benzene rings is 1. The van der Waals surface area contributed by atoms with Crippen molar-refractivity contribution in [3.8, 4) is 11.5 Å². The SMILES string of the molecule is COc1cc(C)c(CNCC(C)CC(C)O)cc1OC. The van der Waals surface area contributed by atoms with Crippen molar-refractivity contribution in [2.45, 2.75) is 39.8 Å². The van der Waals surface area contributed by atoms with Gasteiger partial charge in [0, 0.05) is 6.54 Å². The van der Waals surface area contributed by atoms with E-state index in [1.165, 1.54) is 11.1 Å². The number of ether oxygens (including phenoxy) is 2. The molecular weight excluding hydrogens is 254 g/mol. The lowest BCUT2D eigenvalue weighted by atomic mass is 10.0. The zero-order valence-corrected chi connectivity index (χ0v) is 13.2. The molecule has 0 saturated carbocycles. The third-order valence-electron chi connectivity index (χ3n) is 3.39. The van der Waals surface area contributed by atoms with Gasteiger partial charge in [0.2, 0.25) is 0 Å².